The largest absolute Gasteiger partial charge is 0.297 e. The van der Waals surface area contributed by atoms with Crippen LogP contribution in [0, 0.1) is 5.82 Å². The van der Waals surface area contributed by atoms with Crippen LogP contribution in [0.25, 0.3) is 6.08 Å². The molecule has 27 heavy (non-hydrogen) atoms. The first-order valence-electron chi connectivity index (χ1n) is 7.89. The second-order valence-corrected chi connectivity index (χ2v) is 7.53. The van der Waals surface area contributed by atoms with Gasteiger partial charge in [0, 0.05) is 11.6 Å². The first-order valence-corrected chi connectivity index (χ1v) is 9.69. The zero-order valence-electron chi connectivity index (χ0n) is 14.0. The van der Waals surface area contributed by atoms with Crippen LogP contribution in [0.5, 0.6) is 0 Å². The van der Waals surface area contributed by atoms with E-state index in [1.807, 2.05) is 18.2 Å². The Morgan fingerprint density at radius 3 is 2.56 bits per heavy atom. The minimum absolute atomic E-state index is 0.00335. The smallest absolute Gasteiger partial charge is 0.250 e. The first-order chi connectivity index (χ1) is 13.1. The zero-order valence-corrected chi connectivity index (χ0v) is 15.6. The highest BCUT2D eigenvalue weighted by atomic mass is 32.2. The van der Waals surface area contributed by atoms with Crippen LogP contribution in [0.3, 0.4) is 0 Å². The van der Waals surface area contributed by atoms with Crippen molar-refractivity contribution in [2.75, 3.05) is 11.1 Å². The van der Waals surface area contributed by atoms with E-state index in [1.54, 1.807) is 30.3 Å². The molecule has 1 heterocycles. The van der Waals surface area contributed by atoms with Crippen molar-refractivity contribution in [2.24, 2.45) is 0 Å². The SMILES string of the molecule is O=C(C=Cc1ccc(F)cc1)Nc1nnc(SCC(=O)c2ccccc2)s1. The van der Waals surface area contributed by atoms with Crippen molar-refractivity contribution < 1.29 is 14.0 Å². The van der Waals surface area contributed by atoms with Crippen LogP contribution in [-0.4, -0.2) is 27.6 Å². The molecule has 8 heteroatoms. The number of nitrogens with one attached hydrogen (secondary N) is 1. The number of Topliss-reactive ketones (excluding diaryl/α,β-unsaturated/α-hetero) is 1. The number of nitrogens with zero attached hydrogens (tertiary/aromatic N) is 2. The van der Waals surface area contributed by atoms with Gasteiger partial charge in [-0.15, -0.1) is 10.2 Å². The van der Waals surface area contributed by atoms with E-state index in [4.69, 9.17) is 0 Å². The molecule has 3 rings (SSSR count). The van der Waals surface area contributed by atoms with Crippen LogP contribution in [0.15, 0.2) is 65.0 Å². The van der Waals surface area contributed by atoms with Crippen molar-refractivity contribution >= 4 is 46.0 Å². The van der Waals surface area contributed by atoms with Crippen LogP contribution in [0.1, 0.15) is 15.9 Å². The van der Waals surface area contributed by atoms with Crippen LogP contribution in [-0.2, 0) is 4.79 Å². The second-order valence-electron chi connectivity index (χ2n) is 5.33. The summed E-state index contributed by atoms with van der Waals surface area (Å²) >= 11 is 2.47. The van der Waals surface area contributed by atoms with Gasteiger partial charge in [0.1, 0.15) is 5.82 Å². The Kier molecular flexibility index (Phi) is 6.45. The molecule has 0 aliphatic heterocycles. The highest BCUT2D eigenvalue weighted by Gasteiger charge is 2.10. The highest BCUT2D eigenvalue weighted by Crippen LogP contribution is 2.26. The van der Waals surface area contributed by atoms with Gasteiger partial charge in [-0.05, 0) is 23.8 Å². The fourth-order valence-corrected chi connectivity index (χ4v) is 3.70. The Hall–Kier alpha value is -2.84. The summed E-state index contributed by atoms with van der Waals surface area (Å²) in [6, 6.07) is 14.8. The predicted molar refractivity (Wildman–Crippen MR) is 105 cm³/mol. The van der Waals surface area contributed by atoms with E-state index in [9.17, 15) is 14.0 Å². The van der Waals surface area contributed by atoms with Gasteiger partial charge in [0.2, 0.25) is 11.0 Å². The predicted octanol–water partition coefficient (Wildman–Crippen LogP) is 4.30. The van der Waals surface area contributed by atoms with Gasteiger partial charge in [0.25, 0.3) is 0 Å². The average Bonchev–Trinajstić information content (AvgIpc) is 3.13. The molecule has 3 aromatic rings. The lowest BCUT2D eigenvalue weighted by atomic mass is 10.2. The molecular formula is C19H14FN3O2S2. The molecule has 0 spiro atoms. The number of aromatic nitrogens is 2. The van der Waals surface area contributed by atoms with Gasteiger partial charge in [-0.3, -0.25) is 14.9 Å². The molecule has 5 nitrogen and oxygen atoms in total. The molecule has 0 aliphatic carbocycles. The molecule has 0 fully saturated rings. The molecule has 0 unspecified atom stereocenters. The summed E-state index contributed by atoms with van der Waals surface area (Å²) in [6.45, 7) is 0. The molecule has 1 amide bonds. The minimum atomic E-state index is -0.368. The Morgan fingerprint density at radius 2 is 1.81 bits per heavy atom. The number of rotatable bonds is 7. The summed E-state index contributed by atoms with van der Waals surface area (Å²) in [4.78, 5) is 24.0. The van der Waals surface area contributed by atoms with E-state index in [2.05, 4.69) is 15.5 Å². The molecule has 0 bridgehead atoms. The van der Waals surface area contributed by atoms with Gasteiger partial charge in [0.05, 0.1) is 5.75 Å². The van der Waals surface area contributed by atoms with Crippen molar-refractivity contribution in [3.05, 3.63) is 77.6 Å². The Balaban J connectivity index is 1.50. The molecule has 0 saturated heterocycles. The maximum Gasteiger partial charge on any atom is 0.250 e. The standard InChI is InChI=1S/C19H14FN3O2S2/c20-15-9-6-13(7-10-15)8-11-17(25)21-18-22-23-19(27-18)26-12-16(24)14-4-2-1-3-5-14/h1-11H,12H2,(H,21,22,25). The number of amides is 1. The van der Waals surface area contributed by atoms with Crippen LogP contribution in [0.2, 0.25) is 0 Å². The van der Waals surface area contributed by atoms with E-state index in [0.29, 0.717) is 20.6 Å². The van der Waals surface area contributed by atoms with Gasteiger partial charge in [-0.2, -0.15) is 0 Å². The minimum Gasteiger partial charge on any atom is -0.297 e. The van der Waals surface area contributed by atoms with Gasteiger partial charge in [-0.1, -0.05) is 65.6 Å². The first kappa shape index (κ1) is 18.9. The lowest BCUT2D eigenvalue weighted by Gasteiger charge is -1.98. The highest BCUT2D eigenvalue weighted by molar-refractivity contribution is 8.01. The second kappa shape index (κ2) is 9.20. The summed E-state index contributed by atoms with van der Waals surface area (Å²) < 4.78 is 13.4. The normalized spacial score (nSPS) is 10.9. The fraction of sp³-hybridized carbons (Fsp3) is 0.0526. The van der Waals surface area contributed by atoms with E-state index >= 15 is 0 Å². The van der Waals surface area contributed by atoms with Crippen LogP contribution < -0.4 is 5.32 Å². The topological polar surface area (TPSA) is 72.0 Å². The number of halogens is 1. The molecule has 0 atom stereocenters. The number of hydrogen-bond donors (Lipinski definition) is 1. The average molecular weight is 399 g/mol. The fourth-order valence-electron chi connectivity index (χ4n) is 2.05. The number of carbonyl (C=O) groups excluding carboxylic acids is 2. The molecule has 0 aliphatic rings. The lowest BCUT2D eigenvalue weighted by Crippen LogP contribution is -2.07. The summed E-state index contributed by atoms with van der Waals surface area (Å²) in [5, 5.41) is 10.8. The van der Waals surface area contributed by atoms with Crippen LogP contribution in [0.4, 0.5) is 9.52 Å². The quantitative estimate of drug-likeness (QED) is 0.277. The maximum atomic E-state index is 12.8. The summed E-state index contributed by atoms with van der Waals surface area (Å²) in [5.74, 6) is -0.450. The van der Waals surface area contributed by atoms with E-state index in [-0.39, 0.29) is 23.3 Å². The van der Waals surface area contributed by atoms with E-state index in [1.165, 1.54) is 41.3 Å². The number of hydrogen-bond acceptors (Lipinski definition) is 6. The number of benzene rings is 2. The number of anilines is 1. The molecule has 2 aromatic carbocycles. The van der Waals surface area contributed by atoms with Crippen molar-refractivity contribution in [3.8, 4) is 0 Å². The number of carbonyl (C=O) groups is 2. The van der Waals surface area contributed by atoms with Crippen molar-refractivity contribution in [1.29, 1.82) is 0 Å². The third-order valence-electron chi connectivity index (χ3n) is 3.36. The van der Waals surface area contributed by atoms with E-state index in [0.717, 1.165) is 0 Å². The maximum absolute atomic E-state index is 12.8. The third-order valence-corrected chi connectivity index (χ3v) is 5.33. The van der Waals surface area contributed by atoms with Crippen molar-refractivity contribution in [1.82, 2.24) is 10.2 Å². The van der Waals surface area contributed by atoms with E-state index < -0.39 is 0 Å². The molecule has 136 valence electrons. The summed E-state index contributed by atoms with van der Waals surface area (Å²) in [7, 11) is 0. The van der Waals surface area contributed by atoms with Crippen LogP contribution >= 0.6 is 23.1 Å². The Bertz CT molecular complexity index is 957. The number of thioether (sulfide) groups is 1. The molecular weight excluding hydrogens is 385 g/mol. The summed E-state index contributed by atoms with van der Waals surface area (Å²) in [5.41, 5.74) is 1.36. The number of ketones is 1. The molecule has 0 saturated carbocycles. The van der Waals surface area contributed by atoms with Crippen molar-refractivity contribution in [3.63, 3.8) is 0 Å². The van der Waals surface area contributed by atoms with Gasteiger partial charge >= 0.3 is 0 Å². The zero-order chi connectivity index (χ0) is 19.1. The lowest BCUT2D eigenvalue weighted by molar-refractivity contribution is -0.111. The summed E-state index contributed by atoms with van der Waals surface area (Å²) in [6.07, 6.45) is 2.91. The van der Waals surface area contributed by atoms with Gasteiger partial charge in [-0.25, -0.2) is 4.39 Å². The Morgan fingerprint density at radius 1 is 1.07 bits per heavy atom. The Labute approximate surface area is 163 Å². The third kappa shape index (κ3) is 5.83. The van der Waals surface area contributed by atoms with Gasteiger partial charge in [0.15, 0.2) is 10.1 Å². The monoisotopic (exact) mass is 399 g/mol. The molecule has 1 N–H and O–H groups in total. The van der Waals surface area contributed by atoms with Crippen molar-refractivity contribution in [2.45, 2.75) is 4.34 Å². The molecule has 0 radical (unpaired) electrons. The molecule has 1 aromatic heterocycles. The van der Waals surface area contributed by atoms with Gasteiger partial charge < -0.3 is 0 Å².